The summed E-state index contributed by atoms with van der Waals surface area (Å²) in [6.45, 7) is 8.80. The zero-order valence-corrected chi connectivity index (χ0v) is 14.4. The molecule has 22 heavy (non-hydrogen) atoms. The van der Waals surface area contributed by atoms with Crippen molar-refractivity contribution < 1.29 is 9.59 Å². The summed E-state index contributed by atoms with van der Waals surface area (Å²) < 4.78 is 0. The Bertz CT molecular complexity index is 581. The highest BCUT2D eigenvalue weighted by atomic mass is 16.1. The number of rotatable bonds is 2. The fourth-order valence-electron chi connectivity index (χ4n) is 5.21. The summed E-state index contributed by atoms with van der Waals surface area (Å²) in [5.41, 5.74) is 3.46. The second kappa shape index (κ2) is 5.18. The van der Waals surface area contributed by atoms with E-state index in [9.17, 15) is 9.59 Å². The molecule has 0 aromatic carbocycles. The van der Waals surface area contributed by atoms with E-state index in [0.29, 0.717) is 12.3 Å². The van der Waals surface area contributed by atoms with Gasteiger partial charge in [0.25, 0.3) is 0 Å². The third-order valence-corrected chi connectivity index (χ3v) is 6.69. The van der Waals surface area contributed by atoms with Crippen molar-refractivity contribution in [3.8, 4) is 0 Å². The van der Waals surface area contributed by atoms with Crippen LogP contribution in [0.25, 0.3) is 0 Å². The molecule has 3 aliphatic rings. The van der Waals surface area contributed by atoms with Gasteiger partial charge in [0.15, 0.2) is 5.78 Å². The first kappa shape index (κ1) is 15.7. The van der Waals surface area contributed by atoms with E-state index in [2.05, 4.69) is 33.8 Å². The van der Waals surface area contributed by atoms with Gasteiger partial charge in [0, 0.05) is 17.4 Å². The number of Topliss-reactive ketones (excluding diaryl/α,β-unsaturated/α-hetero) is 1. The number of hydrogen-bond acceptors (Lipinski definition) is 2. The summed E-state index contributed by atoms with van der Waals surface area (Å²) in [6, 6.07) is 0. The molecule has 3 unspecified atom stereocenters. The molecule has 1 saturated carbocycles. The Morgan fingerprint density at radius 3 is 2.59 bits per heavy atom. The summed E-state index contributed by atoms with van der Waals surface area (Å²) >= 11 is 0. The Hall–Kier alpha value is -1.18. The smallest absolute Gasteiger partial charge is 0.163 e. The lowest BCUT2D eigenvalue weighted by Gasteiger charge is -2.54. The van der Waals surface area contributed by atoms with Crippen LogP contribution in [-0.2, 0) is 9.59 Å². The van der Waals surface area contributed by atoms with Gasteiger partial charge in [-0.15, -0.1) is 0 Å². The van der Waals surface area contributed by atoms with Crippen molar-refractivity contribution in [1.82, 2.24) is 0 Å². The van der Waals surface area contributed by atoms with E-state index in [4.69, 9.17) is 0 Å². The van der Waals surface area contributed by atoms with E-state index in [-0.39, 0.29) is 22.5 Å². The van der Waals surface area contributed by atoms with Gasteiger partial charge in [0.05, 0.1) is 0 Å². The minimum absolute atomic E-state index is 0.0379. The number of fused-ring (bicyclic) bond motifs is 2. The van der Waals surface area contributed by atoms with Crippen LogP contribution < -0.4 is 0 Å². The summed E-state index contributed by atoms with van der Waals surface area (Å²) in [6.07, 6.45) is 9.08. The second-order valence-electron chi connectivity index (χ2n) is 8.34. The fraction of sp³-hybridized carbons (Fsp3) is 0.700. The molecule has 120 valence electrons. The van der Waals surface area contributed by atoms with E-state index in [1.165, 1.54) is 11.1 Å². The zero-order valence-electron chi connectivity index (χ0n) is 14.4. The van der Waals surface area contributed by atoms with Crippen LogP contribution in [0.4, 0.5) is 0 Å². The Balaban J connectivity index is 2.10. The number of carbonyl (C=O) groups is 2. The molecule has 3 rings (SSSR count). The van der Waals surface area contributed by atoms with Gasteiger partial charge >= 0.3 is 0 Å². The maximum absolute atomic E-state index is 12.8. The standard InChI is InChI=1S/C20H28O2/c1-13(2)14-6-7-16-15(10-14)17(22)11-18-19(3,12-21)8-5-9-20(16,18)4/h10,12-13,18H,5-9,11H2,1-4H3. The molecule has 2 nitrogen and oxygen atoms in total. The van der Waals surface area contributed by atoms with Gasteiger partial charge in [-0.3, -0.25) is 4.79 Å². The first-order valence-corrected chi connectivity index (χ1v) is 8.75. The van der Waals surface area contributed by atoms with Crippen molar-refractivity contribution in [2.45, 2.75) is 66.2 Å². The SMILES string of the molecule is CC(C)C1=CC2=C(CC1)C1(C)CCCC(C)(C=O)C1CC2=O. The molecule has 0 radical (unpaired) electrons. The Labute approximate surface area is 134 Å². The van der Waals surface area contributed by atoms with Gasteiger partial charge in [0.1, 0.15) is 6.29 Å². The predicted octanol–water partition coefficient (Wildman–Crippen LogP) is 4.64. The number of aldehydes is 1. The molecule has 3 atom stereocenters. The molecule has 0 N–H and O–H groups in total. The van der Waals surface area contributed by atoms with Gasteiger partial charge in [-0.25, -0.2) is 0 Å². The van der Waals surface area contributed by atoms with Crippen LogP contribution in [0.5, 0.6) is 0 Å². The maximum atomic E-state index is 12.8. The van der Waals surface area contributed by atoms with Crippen molar-refractivity contribution in [3.63, 3.8) is 0 Å². The number of hydrogen-bond donors (Lipinski definition) is 0. The molecule has 0 spiro atoms. The van der Waals surface area contributed by atoms with Crippen molar-refractivity contribution in [2.24, 2.45) is 22.7 Å². The maximum Gasteiger partial charge on any atom is 0.163 e. The van der Waals surface area contributed by atoms with Crippen molar-refractivity contribution >= 4 is 12.1 Å². The third kappa shape index (κ3) is 2.14. The molecule has 0 aliphatic heterocycles. The lowest BCUT2D eigenvalue weighted by molar-refractivity contribution is -0.130. The first-order valence-electron chi connectivity index (χ1n) is 8.75. The second-order valence-corrected chi connectivity index (χ2v) is 8.34. The fourth-order valence-corrected chi connectivity index (χ4v) is 5.21. The van der Waals surface area contributed by atoms with E-state index in [1.807, 2.05) is 0 Å². The Morgan fingerprint density at radius 1 is 1.23 bits per heavy atom. The minimum atomic E-state index is -0.330. The molecule has 0 amide bonds. The minimum Gasteiger partial charge on any atom is -0.303 e. The van der Waals surface area contributed by atoms with Crippen LogP contribution in [-0.4, -0.2) is 12.1 Å². The molecule has 0 aromatic heterocycles. The van der Waals surface area contributed by atoms with Gasteiger partial charge in [-0.05, 0) is 42.9 Å². The molecular formula is C20H28O2. The molecule has 0 aromatic rings. The molecule has 1 fully saturated rings. The van der Waals surface area contributed by atoms with E-state index in [1.54, 1.807) is 0 Å². The van der Waals surface area contributed by atoms with Crippen LogP contribution in [0.3, 0.4) is 0 Å². The quantitative estimate of drug-likeness (QED) is 0.696. The summed E-state index contributed by atoms with van der Waals surface area (Å²) in [7, 11) is 0. The largest absolute Gasteiger partial charge is 0.303 e. The number of allylic oxidation sites excluding steroid dienone is 4. The van der Waals surface area contributed by atoms with Crippen molar-refractivity contribution in [3.05, 3.63) is 22.8 Å². The van der Waals surface area contributed by atoms with E-state index < -0.39 is 0 Å². The van der Waals surface area contributed by atoms with Crippen LogP contribution in [0.1, 0.15) is 66.2 Å². The van der Waals surface area contributed by atoms with Gasteiger partial charge in [-0.1, -0.05) is 51.3 Å². The lowest BCUT2D eigenvalue weighted by atomic mass is 9.49. The van der Waals surface area contributed by atoms with Gasteiger partial charge in [0.2, 0.25) is 0 Å². The normalized spacial score (nSPS) is 38.5. The molecule has 0 heterocycles. The average molecular weight is 300 g/mol. The highest BCUT2D eigenvalue weighted by molar-refractivity contribution is 6.01. The monoisotopic (exact) mass is 300 g/mol. The van der Waals surface area contributed by atoms with Crippen molar-refractivity contribution in [1.29, 1.82) is 0 Å². The predicted molar refractivity (Wildman–Crippen MR) is 88.4 cm³/mol. The molecule has 0 saturated heterocycles. The van der Waals surface area contributed by atoms with Crippen molar-refractivity contribution in [2.75, 3.05) is 0 Å². The summed E-state index contributed by atoms with van der Waals surface area (Å²) in [5.74, 6) is 0.968. The van der Waals surface area contributed by atoms with Crippen LogP contribution in [0.15, 0.2) is 22.8 Å². The topological polar surface area (TPSA) is 34.1 Å². The van der Waals surface area contributed by atoms with E-state index in [0.717, 1.165) is 44.0 Å². The Morgan fingerprint density at radius 2 is 1.95 bits per heavy atom. The average Bonchev–Trinajstić information content (AvgIpc) is 2.49. The molecule has 3 aliphatic carbocycles. The highest BCUT2D eigenvalue weighted by Gasteiger charge is 2.54. The molecule has 0 bridgehead atoms. The van der Waals surface area contributed by atoms with Gasteiger partial charge in [-0.2, -0.15) is 0 Å². The van der Waals surface area contributed by atoms with Crippen LogP contribution in [0, 0.1) is 22.7 Å². The van der Waals surface area contributed by atoms with Crippen LogP contribution >= 0.6 is 0 Å². The first-order chi connectivity index (χ1) is 10.3. The van der Waals surface area contributed by atoms with Gasteiger partial charge < -0.3 is 4.79 Å². The Kier molecular flexibility index (Phi) is 3.70. The third-order valence-electron chi connectivity index (χ3n) is 6.69. The van der Waals surface area contributed by atoms with Crippen LogP contribution in [0.2, 0.25) is 0 Å². The summed E-state index contributed by atoms with van der Waals surface area (Å²) in [4.78, 5) is 24.5. The lowest BCUT2D eigenvalue weighted by Crippen LogP contribution is -2.49. The molecular weight excluding hydrogens is 272 g/mol. The summed E-state index contributed by atoms with van der Waals surface area (Å²) in [5, 5.41) is 0. The number of ketones is 1. The van der Waals surface area contributed by atoms with E-state index >= 15 is 0 Å². The highest BCUT2D eigenvalue weighted by Crippen LogP contribution is 2.60. The zero-order chi connectivity index (χ0) is 16.1. The molecule has 2 heteroatoms. The number of carbonyl (C=O) groups excluding carboxylic acids is 2.